The van der Waals surface area contributed by atoms with Gasteiger partial charge in [0.25, 0.3) is 11.8 Å². The largest absolute Gasteiger partial charge is 0.494 e. The molecule has 1 fully saturated rings. The maximum absolute atomic E-state index is 12.8. The van der Waals surface area contributed by atoms with Crippen molar-refractivity contribution >= 4 is 11.8 Å². The molecule has 1 N–H and O–H groups in total. The zero-order valence-corrected chi connectivity index (χ0v) is 19.2. The number of amides is 2. The molecule has 0 saturated carbocycles. The number of carbonyl (C=O) groups excluding carboxylic acids is 2. The Morgan fingerprint density at radius 3 is 2.33 bits per heavy atom. The molecule has 0 aliphatic carbocycles. The molecule has 2 aromatic heterocycles. The van der Waals surface area contributed by atoms with Gasteiger partial charge in [-0.3, -0.25) is 9.59 Å². The first-order valence-electron chi connectivity index (χ1n) is 11.3. The van der Waals surface area contributed by atoms with Crippen LogP contribution in [0.3, 0.4) is 0 Å². The molecule has 1 saturated heterocycles. The summed E-state index contributed by atoms with van der Waals surface area (Å²) in [5.74, 6) is 1.29. The Bertz CT molecular complexity index is 1110. The Hall–Kier alpha value is -3.68. The van der Waals surface area contributed by atoms with E-state index in [2.05, 4.69) is 15.4 Å². The summed E-state index contributed by atoms with van der Waals surface area (Å²) in [6.07, 6.45) is 3.00. The molecule has 0 atom stereocenters. The van der Waals surface area contributed by atoms with Crippen LogP contribution in [-0.4, -0.2) is 57.2 Å². The first-order chi connectivity index (χ1) is 15.9. The number of piperidine rings is 1. The number of nitrogens with zero attached hydrogens (tertiary/aromatic N) is 4. The average molecular weight is 448 g/mol. The number of hydrogen-bond donors (Lipinski definition) is 1. The van der Waals surface area contributed by atoms with Gasteiger partial charge in [0.2, 0.25) is 0 Å². The fourth-order valence-electron chi connectivity index (χ4n) is 4.05. The highest BCUT2D eigenvalue weighted by atomic mass is 16.5. The summed E-state index contributed by atoms with van der Waals surface area (Å²) in [6, 6.07) is 12.8. The van der Waals surface area contributed by atoms with E-state index in [9.17, 15) is 9.59 Å². The molecule has 1 aliphatic rings. The number of benzene rings is 1. The fraction of sp³-hybridized carbons (Fsp3) is 0.360. The number of carbonyl (C=O) groups is 2. The van der Waals surface area contributed by atoms with Crippen LogP contribution in [0.25, 0.3) is 5.82 Å². The molecule has 1 aromatic carbocycles. The molecule has 1 aliphatic heterocycles. The third kappa shape index (κ3) is 5.22. The molecule has 0 radical (unpaired) electrons. The Balaban J connectivity index is 1.30. The molecule has 172 valence electrons. The minimum Gasteiger partial charge on any atom is -0.494 e. The molecule has 2 amide bonds. The number of aromatic nitrogens is 3. The molecule has 8 nitrogen and oxygen atoms in total. The second-order valence-corrected chi connectivity index (χ2v) is 8.24. The monoisotopic (exact) mass is 447 g/mol. The SMILES string of the molecule is CCOc1ccc(C(=O)N2CCC(NC(=O)c3ccc(-n4nc(C)cc4C)nc3)CC2)cc1. The number of ether oxygens (including phenoxy) is 1. The van der Waals surface area contributed by atoms with Gasteiger partial charge in [-0.15, -0.1) is 0 Å². The van der Waals surface area contributed by atoms with E-state index in [0.717, 1.165) is 17.1 Å². The third-order valence-electron chi connectivity index (χ3n) is 5.77. The van der Waals surface area contributed by atoms with Gasteiger partial charge in [-0.05, 0) is 76.1 Å². The minimum atomic E-state index is -0.154. The third-order valence-corrected chi connectivity index (χ3v) is 5.77. The molecule has 0 bridgehead atoms. The van der Waals surface area contributed by atoms with Crippen LogP contribution < -0.4 is 10.1 Å². The van der Waals surface area contributed by atoms with E-state index < -0.39 is 0 Å². The normalized spacial score (nSPS) is 14.2. The summed E-state index contributed by atoms with van der Waals surface area (Å²) in [7, 11) is 0. The van der Waals surface area contributed by atoms with E-state index in [1.54, 1.807) is 35.1 Å². The summed E-state index contributed by atoms with van der Waals surface area (Å²) in [4.78, 5) is 31.7. The van der Waals surface area contributed by atoms with Crippen LogP contribution in [-0.2, 0) is 0 Å². The number of pyridine rings is 1. The summed E-state index contributed by atoms with van der Waals surface area (Å²) in [6.45, 7) is 7.63. The van der Waals surface area contributed by atoms with Crippen LogP contribution in [0.15, 0.2) is 48.7 Å². The van der Waals surface area contributed by atoms with Gasteiger partial charge in [0.1, 0.15) is 5.75 Å². The quantitative estimate of drug-likeness (QED) is 0.626. The number of aryl methyl sites for hydroxylation is 2. The van der Waals surface area contributed by atoms with E-state index in [4.69, 9.17) is 4.74 Å². The van der Waals surface area contributed by atoms with E-state index in [1.807, 2.05) is 43.9 Å². The van der Waals surface area contributed by atoms with Crippen molar-refractivity contribution in [2.24, 2.45) is 0 Å². The minimum absolute atomic E-state index is 0.00626. The van der Waals surface area contributed by atoms with Crippen LogP contribution in [0.5, 0.6) is 5.75 Å². The van der Waals surface area contributed by atoms with E-state index in [-0.39, 0.29) is 17.9 Å². The summed E-state index contributed by atoms with van der Waals surface area (Å²) >= 11 is 0. The smallest absolute Gasteiger partial charge is 0.253 e. The summed E-state index contributed by atoms with van der Waals surface area (Å²) in [5, 5.41) is 7.49. The Kier molecular flexibility index (Phi) is 6.72. The lowest BCUT2D eigenvalue weighted by Gasteiger charge is -2.32. The molecule has 4 rings (SSSR count). The Labute approximate surface area is 193 Å². The highest BCUT2D eigenvalue weighted by Crippen LogP contribution is 2.18. The van der Waals surface area contributed by atoms with E-state index in [0.29, 0.717) is 49.5 Å². The van der Waals surface area contributed by atoms with Gasteiger partial charge < -0.3 is 15.0 Å². The van der Waals surface area contributed by atoms with Gasteiger partial charge in [0, 0.05) is 36.6 Å². The van der Waals surface area contributed by atoms with Gasteiger partial charge in [-0.25, -0.2) is 9.67 Å². The molecule has 0 unspecified atom stereocenters. The fourth-order valence-corrected chi connectivity index (χ4v) is 4.05. The first-order valence-corrected chi connectivity index (χ1v) is 11.3. The van der Waals surface area contributed by atoms with Crippen LogP contribution in [0.4, 0.5) is 0 Å². The van der Waals surface area contributed by atoms with Crippen molar-refractivity contribution in [2.45, 2.75) is 39.7 Å². The number of rotatable bonds is 6. The summed E-state index contributed by atoms with van der Waals surface area (Å²) in [5.41, 5.74) is 3.06. The van der Waals surface area contributed by atoms with Crippen molar-refractivity contribution in [1.82, 2.24) is 25.0 Å². The van der Waals surface area contributed by atoms with Crippen LogP contribution in [0.1, 0.15) is 51.9 Å². The zero-order chi connectivity index (χ0) is 23.4. The van der Waals surface area contributed by atoms with Crippen molar-refractivity contribution in [3.63, 3.8) is 0 Å². The van der Waals surface area contributed by atoms with Crippen molar-refractivity contribution in [3.8, 4) is 11.6 Å². The van der Waals surface area contributed by atoms with Gasteiger partial charge >= 0.3 is 0 Å². The van der Waals surface area contributed by atoms with Crippen LogP contribution in [0, 0.1) is 13.8 Å². The van der Waals surface area contributed by atoms with E-state index >= 15 is 0 Å². The van der Waals surface area contributed by atoms with Gasteiger partial charge in [0.05, 0.1) is 17.9 Å². The second kappa shape index (κ2) is 9.85. The number of likely N-dealkylation sites (tertiary alicyclic amines) is 1. The predicted molar refractivity (Wildman–Crippen MR) is 125 cm³/mol. The topological polar surface area (TPSA) is 89.4 Å². The Morgan fingerprint density at radius 2 is 1.76 bits per heavy atom. The Morgan fingerprint density at radius 1 is 1.06 bits per heavy atom. The van der Waals surface area contributed by atoms with Gasteiger partial charge in [0.15, 0.2) is 5.82 Å². The lowest BCUT2D eigenvalue weighted by Crippen LogP contribution is -2.46. The molecular weight excluding hydrogens is 418 g/mol. The standard InChI is InChI=1S/C25H29N5O3/c1-4-33-22-8-5-19(6-9-22)25(32)29-13-11-21(12-14-29)27-24(31)20-7-10-23(26-16-20)30-18(3)15-17(2)28-30/h5-10,15-16,21H,4,11-14H2,1-3H3,(H,27,31). The second-order valence-electron chi connectivity index (χ2n) is 8.24. The first kappa shape index (κ1) is 22.5. The average Bonchev–Trinajstić information content (AvgIpc) is 3.17. The van der Waals surface area contributed by atoms with Gasteiger partial charge in [-0.1, -0.05) is 0 Å². The van der Waals surface area contributed by atoms with Crippen molar-refractivity contribution in [3.05, 3.63) is 71.2 Å². The number of nitrogens with one attached hydrogen (secondary N) is 1. The maximum atomic E-state index is 12.8. The lowest BCUT2D eigenvalue weighted by molar-refractivity contribution is 0.0698. The number of hydrogen-bond acceptors (Lipinski definition) is 5. The maximum Gasteiger partial charge on any atom is 0.253 e. The summed E-state index contributed by atoms with van der Waals surface area (Å²) < 4.78 is 7.19. The van der Waals surface area contributed by atoms with Crippen LogP contribution >= 0.6 is 0 Å². The van der Waals surface area contributed by atoms with Gasteiger partial charge in [-0.2, -0.15) is 5.10 Å². The molecule has 3 aromatic rings. The molecular formula is C25H29N5O3. The van der Waals surface area contributed by atoms with E-state index in [1.165, 1.54) is 0 Å². The molecule has 8 heteroatoms. The zero-order valence-electron chi connectivity index (χ0n) is 19.2. The predicted octanol–water partition coefficient (Wildman–Crippen LogP) is 3.32. The molecule has 33 heavy (non-hydrogen) atoms. The van der Waals surface area contributed by atoms with Crippen molar-refractivity contribution in [1.29, 1.82) is 0 Å². The highest BCUT2D eigenvalue weighted by Gasteiger charge is 2.25. The lowest BCUT2D eigenvalue weighted by atomic mass is 10.0. The molecule has 0 spiro atoms. The van der Waals surface area contributed by atoms with Crippen LogP contribution in [0.2, 0.25) is 0 Å². The highest BCUT2D eigenvalue weighted by molar-refractivity contribution is 5.95. The van der Waals surface area contributed by atoms with Crippen molar-refractivity contribution < 1.29 is 14.3 Å². The molecule has 3 heterocycles. The van der Waals surface area contributed by atoms with Crippen molar-refractivity contribution in [2.75, 3.05) is 19.7 Å².